The van der Waals surface area contributed by atoms with Gasteiger partial charge in [0.25, 0.3) is 5.91 Å². The standard InChI is InChI=1S/C19H21N3O2.C15H14N2/c1-12-5-8-14(9-6-12)16-17(18(23)19(24)21(3)4)22-11-13(2)7-10-15(22)20-16;1-11-3-6-13(7-4-11)14-10-17-9-12(2)5-8-15(17)16-14/h5-11,18,23H,1-4H3;3-10H,1-2H3/i2*1D3. The van der Waals surface area contributed by atoms with Crippen LogP contribution in [0.3, 0.4) is 0 Å². The molecule has 1 atom stereocenters. The van der Waals surface area contributed by atoms with Crippen molar-refractivity contribution in [1.82, 2.24) is 23.7 Å². The maximum atomic E-state index is 12.4. The number of carbonyl (C=O) groups excluding carboxylic acids is 1. The maximum Gasteiger partial charge on any atom is 0.257 e. The van der Waals surface area contributed by atoms with Crippen molar-refractivity contribution in [2.75, 3.05) is 14.1 Å². The largest absolute Gasteiger partial charge is 0.377 e. The highest BCUT2D eigenvalue weighted by molar-refractivity contribution is 5.84. The first-order valence-electron chi connectivity index (χ1n) is 16.1. The Morgan fingerprint density at radius 3 is 1.93 bits per heavy atom. The minimum Gasteiger partial charge on any atom is -0.377 e. The van der Waals surface area contributed by atoms with Gasteiger partial charge in [0.2, 0.25) is 0 Å². The number of aryl methyl sites for hydroxylation is 4. The van der Waals surface area contributed by atoms with Crippen LogP contribution in [0.5, 0.6) is 0 Å². The molecule has 0 aliphatic rings. The molecule has 1 N–H and O–H groups in total. The van der Waals surface area contributed by atoms with Crippen LogP contribution < -0.4 is 0 Å². The van der Waals surface area contributed by atoms with E-state index >= 15 is 0 Å². The maximum absolute atomic E-state index is 12.4. The van der Waals surface area contributed by atoms with Crippen LogP contribution in [0, 0.1) is 27.6 Å². The second-order valence-electron chi connectivity index (χ2n) is 10.2. The van der Waals surface area contributed by atoms with Gasteiger partial charge in [-0.25, -0.2) is 9.97 Å². The van der Waals surface area contributed by atoms with E-state index in [2.05, 4.69) is 9.97 Å². The number of rotatable bonds is 4. The summed E-state index contributed by atoms with van der Waals surface area (Å²) in [6.07, 6.45) is 4.38. The molecule has 7 heteroatoms. The number of hydrogen-bond acceptors (Lipinski definition) is 4. The molecule has 1 unspecified atom stereocenters. The average molecular weight is 552 g/mol. The van der Waals surface area contributed by atoms with Gasteiger partial charge in [-0.05, 0) is 50.8 Å². The highest BCUT2D eigenvalue weighted by atomic mass is 16.3. The molecule has 4 aromatic heterocycles. The average Bonchev–Trinajstić information content (AvgIpc) is 3.61. The summed E-state index contributed by atoms with van der Waals surface area (Å²) in [6.45, 7) is -0.315. The number of aliphatic hydroxyl groups excluding tert-OH is 1. The lowest BCUT2D eigenvalue weighted by Crippen LogP contribution is -2.29. The summed E-state index contributed by atoms with van der Waals surface area (Å²) in [7, 11) is 3.15. The number of imidazole rings is 2. The fourth-order valence-electron chi connectivity index (χ4n) is 4.52. The molecular formula is C34H35N5O2. The summed E-state index contributed by atoms with van der Waals surface area (Å²) in [5.41, 5.74) is 7.35. The number of aromatic nitrogens is 4. The van der Waals surface area contributed by atoms with Gasteiger partial charge in [-0.3, -0.25) is 9.20 Å². The zero-order chi connectivity index (χ0) is 34.3. The van der Waals surface area contributed by atoms with Crippen molar-refractivity contribution in [3.8, 4) is 22.5 Å². The number of hydrogen-bond donors (Lipinski definition) is 1. The highest BCUT2D eigenvalue weighted by Gasteiger charge is 2.27. The fourth-order valence-corrected chi connectivity index (χ4v) is 4.52. The van der Waals surface area contributed by atoms with Crippen LogP contribution in [0.4, 0.5) is 0 Å². The molecule has 1 amide bonds. The van der Waals surface area contributed by atoms with Crippen molar-refractivity contribution in [3.63, 3.8) is 0 Å². The van der Waals surface area contributed by atoms with E-state index < -0.39 is 25.7 Å². The van der Waals surface area contributed by atoms with Gasteiger partial charge in [0.1, 0.15) is 11.3 Å². The minimum absolute atomic E-state index is 0.220. The van der Waals surface area contributed by atoms with Crippen LogP contribution >= 0.6 is 0 Å². The van der Waals surface area contributed by atoms with Crippen LogP contribution in [0.2, 0.25) is 0 Å². The summed E-state index contributed by atoms with van der Waals surface area (Å²) < 4.78 is 48.3. The molecular weight excluding hydrogens is 510 g/mol. The predicted molar refractivity (Wildman–Crippen MR) is 164 cm³/mol. The van der Waals surface area contributed by atoms with Crippen molar-refractivity contribution in [2.24, 2.45) is 0 Å². The Balaban J connectivity index is 0.000000193. The van der Waals surface area contributed by atoms with Gasteiger partial charge in [0, 0.05) is 52.0 Å². The van der Waals surface area contributed by atoms with Gasteiger partial charge in [-0.2, -0.15) is 0 Å². The topological polar surface area (TPSA) is 75.1 Å². The van der Waals surface area contributed by atoms with E-state index in [4.69, 9.17) is 8.22 Å². The molecule has 4 heterocycles. The summed E-state index contributed by atoms with van der Waals surface area (Å²) in [6, 6.07) is 20.9. The van der Waals surface area contributed by atoms with E-state index in [0.717, 1.165) is 22.5 Å². The van der Waals surface area contributed by atoms with E-state index in [0.29, 0.717) is 28.2 Å². The van der Waals surface area contributed by atoms with Gasteiger partial charge in [0.15, 0.2) is 6.10 Å². The molecule has 0 bridgehead atoms. The number of amides is 1. The number of carbonyl (C=O) groups is 1. The zero-order valence-corrected chi connectivity index (χ0v) is 23.3. The van der Waals surface area contributed by atoms with Gasteiger partial charge < -0.3 is 14.4 Å². The SMILES string of the molecule is [2H]C([2H])([2H])c1ccc(-c2cn3cc(C)ccc3n2)cc1.[2H]C([2H])([2H])c1ccc(-c2nc3ccc(C)cn3c2C(O)C(=O)N(C)C)cc1. The Kier molecular flexibility index (Phi) is 5.85. The van der Waals surface area contributed by atoms with Crippen molar-refractivity contribution in [1.29, 1.82) is 0 Å². The zero-order valence-electron chi connectivity index (χ0n) is 29.3. The number of pyridine rings is 2. The quantitative estimate of drug-likeness (QED) is 0.277. The van der Waals surface area contributed by atoms with E-state index in [9.17, 15) is 9.90 Å². The summed E-state index contributed by atoms with van der Waals surface area (Å²) >= 11 is 0. The lowest BCUT2D eigenvalue weighted by atomic mass is 10.1. The van der Waals surface area contributed by atoms with Crippen molar-refractivity contribution < 1.29 is 18.1 Å². The number of likely N-dealkylation sites (N-methyl/N-ethyl adjacent to an activating group) is 1. The molecule has 0 aliphatic carbocycles. The molecule has 6 rings (SSSR count). The number of benzene rings is 2. The fraction of sp³-hybridized carbons (Fsp3) is 0.206. The van der Waals surface area contributed by atoms with E-state index in [-0.39, 0.29) is 5.56 Å². The molecule has 7 nitrogen and oxygen atoms in total. The summed E-state index contributed by atoms with van der Waals surface area (Å²) in [4.78, 5) is 22.8. The molecule has 208 valence electrons. The first-order valence-corrected chi connectivity index (χ1v) is 13.1. The van der Waals surface area contributed by atoms with E-state index in [1.807, 2.05) is 61.1 Å². The Morgan fingerprint density at radius 1 is 0.756 bits per heavy atom. The molecule has 6 aromatic rings. The minimum atomic E-state index is -2.20. The van der Waals surface area contributed by atoms with Crippen LogP contribution in [0.15, 0.2) is 91.4 Å². The monoisotopic (exact) mass is 551 g/mol. The van der Waals surface area contributed by atoms with Crippen molar-refractivity contribution in [2.45, 2.75) is 33.7 Å². The number of fused-ring (bicyclic) bond motifs is 2. The second-order valence-corrected chi connectivity index (χ2v) is 10.2. The Morgan fingerprint density at radius 2 is 1.32 bits per heavy atom. The lowest BCUT2D eigenvalue weighted by Gasteiger charge is -2.17. The van der Waals surface area contributed by atoms with Gasteiger partial charge in [0.05, 0.1) is 17.1 Å². The normalized spacial score (nSPS) is 14.6. The predicted octanol–water partition coefficient (Wildman–Crippen LogP) is 6.36. The molecule has 2 aromatic carbocycles. The third kappa shape index (κ3) is 5.90. The van der Waals surface area contributed by atoms with Gasteiger partial charge >= 0.3 is 0 Å². The van der Waals surface area contributed by atoms with Crippen LogP contribution in [-0.2, 0) is 4.79 Å². The van der Waals surface area contributed by atoms with Crippen LogP contribution in [0.25, 0.3) is 33.8 Å². The third-order valence-electron chi connectivity index (χ3n) is 6.67. The Bertz CT molecular complexity index is 2040. The second kappa shape index (κ2) is 11.4. The smallest absolute Gasteiger partial charge is 0.257 e. The molecule has 0 saturated heterocycles. The van der Waals surface area contributed by atoms with Crippen molar-refractivity contribution in [3.05, 3.63) is 119 Å². The lowest BCUT2D eigenvalue weighted by molar-refractivity contribution is -0.138. The summed E-state index contributed by atoms with van der Waals surface area (Å²) in [5.74, 6) is -0.460. The third-order valence-corrected chi connectivity index (χ3v) is 6.67. The highest BCUT2D eigenvalue weighted by Crippen LogP contribution is 2.30. The molecule has 0 fully saturated rings. The first-order chi connectivity index (χ1) is 22.0. The number of nitrogens with zero attached hydrogens (tertiary/aromatic N) is 5. The molecule has 0 aliphatic heterocycles. The van der Waals surface area contributed by atoms with Gasteiger partial charge in [-0.15, -0.1) is 0 Å². The van der Waals surface area contributed by atoms with E-state index in [1.54, 1.807) is 54.9 Å². The van der Waals surface area contributed by atoms with Crippen LogP contribution in [0.1, 0.15) is 42.3 Å². The van der Waals surface area contributed by atoms with Crippen LogP contribution in [-0.4, -0.2) is 48.8 Å². The molecule has 41 heavy (non-hydrogen) atoms. The van der Waals surface area contributed by atoms with Gasteiger partial charge in [-0.1, -0.05) is 71.8 Å². The Hall–Kier alpha value is -4.75. The molecule has 0 radical (unpaired) electrons. The van der Waals surface area contributed by atoms with Crippen molar-refractivity contribution >= 4 is 17.2 Å². The number of aliphatic hydroxyl groups is 1. The Labute approximate surface area is 248 Å². The van der Waals surface area contributed by atoms with E-state index in [1.165, 1.54) is 22.6 Å². The first kappa shape index (κ1) is 21.1. The molecule has 0 spiro atoms. The molecule has 0 saturated carbocycles. The summed E-state index contributed by atoms with van der Waals surface area (Å²) in [5, 5.41) is 10.7.